The van der Waals surface area contributed by atoms with E-state index in [2.05, 4.69) is 10.6 Å². The van der Waals surface area contributed by atoms with Gasteiger partial charge in [0, 0.05) is 33.8 Å². The number of nitrogens with one attached hydrogen (secondary N) is 2. The number of fused-ring (bicyclic) bond motifs is 1. The Morgan fingerprint density at radius 2 is 1.72 bits per heavy atom. The quantitative estimate of drug-likeness (QED) is 0.559. The molecule has 0 radical (unpaired) electrons. The highest BCUT2D eigenvalue weighted by molar-refractivity contribution is 7.86. The van der Waals surface area contributed by atoms with Gasteiger partial charge in [-0.3, -0.25) is 23.5 Å². The smallest absolute Gasteiger partial charge is 0.243 e. The van der Waals surface area contributed by atoms with Gasteiger partial charge in [0.25, 0.3) is 0 Å². The van der Waals surface area contributed by atoms with Gasteiger partial charge in [-0.05, 0) is 70.9 Å². The predicted octanol–water partition coefficient (Wildman–Crippen LogP) is 3.06. The summed E-state index contributed by atoms with van der Waals surface area (Å²) in [4.78, 5) is 40.2. The minimum absolute atomic E-state index is 0.113. The van der Waals surface area contributed by atoms with Crippen LogP contribution in [0, 0.1) is 13.8 Å². The first kappa shape index (κ1) is 27.2. The number of aryl methyl sites for hydroxylation is 2. The minimum atomic E-state index is -1.80. The molecule has 0 saturated heterocycles. The second-order valence-electron chi connectivity index (χ2n) is 9.81. The normalized spacial score (nSPS) is 14.1. The fraction of sp³-hybridized carbons (Fsp3) is 0.423. The number of benzene rings is 2. The van der Waals surface area contributed by atoms with Crippen molar-refractivity contribution in [2.24, 2.45) is 0 Å². The topological polar surface area (TPSA) is 114 Å². The summed E-state index contributed by atoms with van der Waals surface area (Å²) >= 11 is 0. The lowest BCUT2D eigenvalue weighted by molar-refractivity contribution is -0.126. The van der Waals surface area contributed by atoms with Crippen molar-refractivity contribution in [1.29, 1.82) is 0 Å². The van der Waals surface area contributed by atoms with Crippen LogP contribution in [0.4, 0.5) is 11.4 Å². The molecule has 3 amide bonds. The summed E-state index contributed by atoms with van der Waals surface area (Å²) in [7, 11) is -1.80. The lowest BCUT2D eigenvalue weighted by atomic mass is 10.1. The highest BCUT2D eigenvalue weighted by Gasteiger charge is 2.31. The van der Waals surface area contributed by atoms with Crippen molar-refractivity contribution in [2.75, 3.05) is 28.5 Å². The Hall–Kier alpha value is -3.40. The molecule has 1 aliphatic heterocycles. The second kappa shape index (κ2) is 11.1. The van der Waals surface area contributed by atoms with Crippen molar-refractivity contribution >= 4 is 39.9 Å². The van der Waals surface area contributed by atoms with Gasteiger partial charge < -0.3 is 20.1 Å². The number of carbonyl (C=O) groups is 3. The van der Waals surface area contributed by atoms with Crippen LogP contribution in [0.5, 0.6) is 11.5 Å². The van der Waals surface area contributed by atoms with E-state index in [1.165, 1.54) is 4.90 Å². The monoisotopic (exact) mass is 515 g/mol. The molecule has 2 aromatic carbocycles. The SMILES string of the molecule is Cc1ccc(C)c(N(C(=O)CS(=O)CC(=O)Nc2ccc3c(c2)OCO3)C(C)C(=O)NC(C)(C)C)c1. The molecule has 194 valence electrons. The largest absolute Gasteiger partial charge is 0.454 e. The average Bonchev–Trinajstić information content (AvgIpc) is 3.22. The number of rotatable bonds is 8. The highest BCUT2D eigenvalue weighted by Crippen LogP contribution is 2.34. The zero-order chi connectivity index (χ0) is 26.6. The molecule has 0 aromatic heterocycles. The lowest BCUT2D eigenvalue weighted by Gasteiger charge is -2.32. The van der Waals surface area contributed by atoms with Gasteiger partial charge in [0.05, 0.1) is 0 Å². The molecule has 10 heteroatoms. The predicted molar refractivity (Wildman–Crippen MR) is 140 cm³/mol. The zero-order valence-electron chi connectivity index (χ0n) is 21.5. The molecule has 9 nitrogen and oxygen atoms in total. The van der Waals surface area contributed by atoms with E-state index >= 15 is 0 Å². The van der Waals surface area contributed by atoms with E-state index in [1.54, 1.807) is 25.1 Å². The van der Waals surface area contributed by atoms with Gasteiger partial charge in [-0.25, -0.2) is 0 Å². The van der Waals surface area contributed by atoms with Gasteiger partial charge in [0.1, 0.15) is 17.5 Å². The van der Waals surface area contributed by atoms with Crippen LogP contribution in [-0.4, -0.2) is 51.8 Å². The van der Waals surface area contributed by atoms with E-state index in [9.17, 15) is 18.6 Å². The van der Waals surface area contributed by atoms with E-state index in [1.807, 2.05) is 52.8 Å². The summed E-state index contributed by atoms with van der Waals surface area (Å²) in [5, 5.41) is 5.56. The van der Waals surface area contributed by atoms with Gasteiger partial charge in [0.2, 0.25) is 24.5 Å². The molecule has 0 saturated carbocycles. The maximum Gasteiger partial charge on any atom is 0.243 e. The van der Waals surface area contributed by atoms with Crippen molar-refractivity contribution in [2.45, 2.75) is 53.1 Å². The first-order chi connectivity index (χ1) is 16.8. The summed E-state index contributed by atoms with van der Waals surface area (Å²) in [5.74, 6) is -1.03. The Kier molecular flexibility index (Phi) is 8.39. The highest BCUT2D eigenvalue weighted by atomic mass is 32.2. The third-order valence-electron chi connectivity index (χ3n) is 5.39. The number of anilines is 2. The molecule has 2 atom stereocenters. The van der Waals surface area contributed by atoms with E-state index in [0.29, 0.717) is 22.9 Å². The van der Waals surface area contributed by atoms with E-state index < -0.39 is 39.9 Å². The van der Waals surface area contributed by atoms with Crippen LogP contribution in [0.15, 0.2) is 36.4 Å². The van der Waals surface area contributed by atoms with Crippen LogP contribution >= 0.6 is 0 Å². The molecule has 1 aliphatic rings. The lowest BCUT2D eigenvalue weighted by Crippen LogP contribution is -2.54. The fourth-order valence-electron chi connectivity index (χ4n) is 3.71. The molecule has 36 heavy (non-hydrogen) atoms. The van der Waals surface area contributed by atoms with E-state index in [-0.39, 0.29) is 18.5 Å². The van der Waals surface area contributed by atoms with Gasteiger partial charge in [0.15, 0.2) is 11.5 Å². The Bertz CT molecular complexity index is 1190. The number of carbonyl (C=O) groups excluding carboxylic acids is 3. The van der Waals surface area contributed by atoms with Crippen molar-refractivity contribution in [1.82, 2.24) is 5.32 Å². The van der Waals surface area contributed by atoms with E-state index in [0.717, 1.165) is 11.1 Å². The summed E-state index contributed by atoms with van der Waals surface area (Å²) in [6.07, 6.45) is 0. The molecule has 1 heterocycles. The summed E-state index contributed by atoms with van der Waals surface area (Å²) < 4.78 is 23.4. The van der Waals surface area contributed by atoms with Crippen molar-refractivity contribution in [3.8, 4) is 11.5 Å². The summed E-state index contributed by atoms with van der Waals surface area (Å²) in [6.45, 7) is 11.1. The summed E-state index contributed by atoms with van der Waals surface area (Å²) in [5.41, 5.74) is 2.27. The van der Waals surface area contributed by atoms with Crippen LogP contribution in [0.2, 0.25) is 0 Å². The van der Waals surface area contributed by atoms with Gasteiger partial charge in [-0.1, -0.05) is 12.1 Å². The van der Waals surface area contributed by atoms with Crippen LogP contribution in [0.3, 0.4) is 0 Å². The van der Waals surface area contributed by atoms with Gasteiger partial charge in [-0.2, -0.15) is 0 Å². The maximum absolute atomic E-state index is 13.4. The van der Waals surface area contributed by atoms with Crippen LogP contribution in [0.25, 0.3) is 0 Å². The second-order valence-corrected chi connectivity index (χ2v) is 11.3. The van der Waals surface area contributed by atoms with Gasteiger partial charge >= 0.3 is 0 Å². The zero-order valence-corrected chi connectivity index (χ0v) is 22.3. The average molecular weight is 516 g/mol. The molecule has 0 fully saturated rings. The minimum Gasteiger partial charge on any atom is -0.454 e. The number of amides is 3. The van der Waals surface area contributed by atoms with Crippen LogP contribution in [0.1, 0.15) is 38.8 Å². The maximum atomic E-state index is 13.4. The molecular weight excluding hydrogens is 482 g/mol. The third-order valence-corrected chi connectivity index (χ3v) is 6.54. The van der Waals surface area contributed by atoms with Crippen LogP contribution in [-0.2, 0) is 25.2 Å². The van der Waals surface area contributed by atoms with Crippen molar-refractivity contribution in [3.05, 3.63) is 47.5 Å². The molecular formula is C26H33N3O6S. The fourth-order valence-corrected chi connectivity index (χ4v) is 4.59. The molecule has 2 aromatic rings. The molecule has 0 bridgehead atoms. The van der Waals surface area contributed by atoms with E-state index in [4.69, 9.17) is 9.47 Å². The molecule has 0 aliphatic carbocycles. The van der Waals surface area contributed by atoms with Crippen molar-refractivity contribution < 1.29 is 28.1 Å². The molecule has 0 spiro atoms. The Morgan fingerprint density at radius 1 is 1.03 bits per heavy atom. The first-order valence-corrected chi connectivity index (χ1v) is 13.1. The number of hydrogen-bond donors (Lipinski definition) is 2. The summed E-state index contributed by atoms with van der Waals surface area (Å²) in [6, 6.07) is 9.70. The number of hydrogen-bond acceptors (Lipinski definition) is 6. The third kappa shape index (κ3) is 7.07. The molecule has 2 N–H and O–H groups in total. The van der Waals surface area contributed by atoms with Gasteiger partial charge in [-0.15, -0.1) is 0 Å². The Balaban J connectivity index is 1.72. The number of nitrogens with zero attached hydrogens (tertiary/aromatic N) is 1. The molecule has 2 unspecified atom stereocenters. The number of ether oxygens (including phenoxy) is 2. The Labute approximate surface area is 214 Å². The van der Waals surface area contributed by atoms with Crippen molar-refractivity contribution in [3.63, 3.8) is 0 Å². The first-order valence-electron chi connectivity index (χ1n) is 11.6. The standard InChI is InChI=1S/C26H33N3O6S/c1-16-7-8-17(2)20(11-16)29(18(3)25(32)28-26(4,5)6)24(31)14-36(33)13-23(30)27-19-9-10-21-22(12-19)35-15-34-21/h7-12,18H,13-15H2,1-6H3,(H,27,30)(H,28,32). The van der Waals surface area contributed by atoms with Crippen LogP contribution < -0.4 is 25.0 Å². The molecule has 3 rings (SSSR count). The Morgan fingerprint density at radius 3 is 2.42 bits per heavy atom.